The lowest BCUT2D eigenvalue weighted by Crippen LogP contribution is -2.15. The maximum absolute atomic E-state index is 12.6. The molecule has 8 heteroatoms. The minimum atomic E-state index is -0.229. The van der Waals surface area contributed by atoms with Gasteiger partial charge in [-0.3, -0.25) is 9.36 Å². The summed E-state index contributed by atoms with van der Waals surface area (Å²) in [6, 6.07) is 24.6. The van der Waals surface area contributed by atoms with Gasteiger partial charge in [0.25, 0.3) is 0 Å². The summed E-state index contributed by atoms with van der Waals surface area (Å²) in [5.74, 6) is 1.31. The van der Waals surface area contributed by atoms with Gasteiger partial charge in [0, 0.05) is 11.3 Å². The lowest BCUT2D eigenvalue weighted by molar-refractivity contribution is -0.113. The van der Waals surface area contributed by atoms with Crippen molar-refractivity contribution in [3.05, 3.63) is 83.9 Å². The van der Waals surface area contributed by atoms with Crippen molar-refractivity contribution < 1.29 is 9.53 Å². The van der Waals surface area contributed by atoms with Gasteiger partial charge in [-0.15, -0.1) is 10.2 Å². The number of nitrogens with one attached hydrogen (secondary N) is 1. The summed E-state index contributed by atoms with van der Waals surface area (Å²) >= 11 is 1.28. The average molecular weight is 456 g/mol. The molecular formula is C25H21N5O2S. The van der Waals surface area contributed by atoms with E-state index in [1.54, 1.807) is 31.4 Å². The van der Waals surface area contributed by atoms with Gasteiger partial charge in [-0.05, 0) is 55.5 Å². The second-order valence-electron chi connectivity index (χ2n) is 7.20. The highest BCUT2D eigenvalue weighted by atomic mass is 32.2. The molecule has 164 valence electrons. The molecule has 0 fully saturated rings. The van der Waals surface area contributed by atoms with Crippen LogP contribution in [0.3, 0.4) is 0 Å². The Kier molecular flexibility index (Phi) is 6.72. The maximum Gasteiger partial charge on any atom is 0.234 e. The van der Waals surface area contributed by atoms with E-state index in [1.807, 2.05) is 60.0 Å². The number of hydrogen-bond acceptors (Lipinski definition) is 6. The summed E-state index contributed by atoms with van der Waals surface area (Å²) in [5.41, 5.74) is 3.82. The highest BCUT2D eigenvalue weighted by Crippen LogP contribution is 2.29. The van der Waals surface area contributed by atoms with Gasteiger partial charge in [-0.1, -0.05) is 41.6 Å². The predicted molar refractivity (Wildman–Crippen MR) is 129 cm³/mol. The van der Waals surface area contributed by atoms with E-state index in [2.05, 4.69) is 21.6 Å². The molecule has 0 aliphatic carbocycles. The van der Waals surface area contributed by atoms with Crippen molar-refractivity contribution in [2.24, 2.45) is 0 Å². The smallest absolute Gasteiger partial charge is 0.234 e. The Balaban J connectivity index is 1.61. The van der Waals surface area contributed by atoms with Crippen LogP contribution in [0.5, 0.6) is 5.75 Å². The fourth-order valence-electron chi connectivity index (χ4n) is 3.22. The number of carbonyl (C=O) groups is 1. The molecule has 0 radical (unpaired) electrons. The summed E-state index contributed by atoms with van der Waals surface area (Å²) in [6.07, 6.45) is 0. The van der Waals surface area contributed by atoms with Crippen LogP contribution in [0, 0.1) is 18.3 Å². The van der Waals surface area contributed by atoms with E-state index in [-0.39, 0.29) is 11.7 Å². The maximum atomic E-state index is 12.6. The topological polar surface area (TPSA) is 92.8 Å². The monoisotopic (exact) mass is 455 g/mol. The molecule has 0 aliphatic rings. The van der Waals surface area contributed by atoms with E-state index in [1.165, 1.54) is 11.8 Å². The summed E-state index contributed by atoms with van der Waals surface area (Å²) in [7, 11) is 1.62. The van der Waals surface area contributed by atoms with Crippen LogP contribution in [0.1, 0.15) is 11.1 Å². The number of nitriles is 1. The van der Waals surface area contributed by atoms with Gasteiger partial charge in [0.05, 0.1) is 24.1 Å². The lowest BCUT2D eigenvalue weighted by atomic mass is 10.2. The zero-order chi connectivity index (χ0) is 23.2. The third-order valence-corrected chi connectivity index (χ3v) is 5.86. The third kappa shape index (κ3) is 5.05. The molecule has 3 aromatic carbocycles. The van der Waals surface area contributed by atoms with Gasteiger partial charge in [0.2, 0.25) is 5.91 Å². The van der Waals surface area contributed by atoms with Crippen LogP contribution in [-0.2, 0) is 4.79 Å². The van der Waals surface area contributed by atoms with E-state index in [4.69, 9.17) is 4.74 Å². The van der Waals surface area contributed by atoms with Crippen LogP contribution < -0.4 is 10.1 Å². The van der Waals surface area contributed by atoms with E-state index < -0.39 is 0 Å². The quantitative estimate of drug-likeness (QED) is 0.400. The number of rotatable bonds is 7. The first-order chi connectivity index (χ1) is 16.1. The number of benzene rings is 3. The van der Waals surface area contributed by atoms with Gasteiger partial charge in [-0.2, -0.15) is 5.26 Å². The molecule has 0 bridgehead atoms. The third-order valence-electron chi connectivity index (χ3n) is 4.93. The first-order valence-electron chi connectivity index (χ1n) is 10.2. The Hall–Kier alpha value is -4.09. The van der Waals surface area contributed by atoms with Gasteiger partial charge in [-0.25, -0.2) is 0 Å². The molecular weight excluding hydrogens is 434 g/mol. The molecule has 0 unspecified atom stereocenters. The largest absolute Gasteiger partial charge is 0.497 e. The minimum absolute atomic E-state index is 0.117. The van der Waals surface area contributed by atoms with E-state index in [0.717, 1.165) is 22.6 Å². The zero-order valence-electron chi connectivity index (χ0n) is 18.1. The average Bonchev–Trinajstić information content (AvgIpc) is 3.27. The van der Waals surface area contributed by atoms with Crippen molar-refractivity contribution >= 4 is 23.4 Å². The van der Waals surface area contributed by atoms with E-state index >= 15 is 0 Å². The first kappa shape index (κ1) is 22.1. The van der Waals surface area contributed by atoms with E-state index in [0.29, 0.717) is 22.2 Å². The van der Waals surface area contributed by atoms with Gasteiger partial charge in [0.15, 0.2) is 11.0 Å². The molecule has 0 saturated carbocycles. The molecule has 0 saturated heterocycles. The first-order valence-corrected chi connectivity index (χ1v) is 11.2. The lowest BCUT2D eigenvalue weighted by Gasteiger charge is -2.11. The highest BCUT2D eigenvalue weighted by molar-refractivity contribution is 7.99. The number of methoxy groups -OCH3 is 1. The normalized spacial score (nSPS) is 10.5. The number of ether oxygens (including phenoxy) is 1. The molecule has 1 N–H and O–H groups in total. The number of thioether (sulfide) groups is 1. The Morgan fingerprint density at radius 3 is 2.48 bits per heavy atom. The Bertz CT molecular complexity index is 1310. The van der Waals surface area contributed by atoms with Crippen molar-refractivity contribution in [1.29, 1.82) is 5.26 Å². The van der Waals surface area contributed by atoms with Crippen LogP contribution in [-0.4, -0.2) is 33.5 Å². The number of anilines is 1. The van der Waals surface area contributed by atoms with Crippen molar-refractivity contribution in [1.82, 2.24) is 14.8 Å². The van der Waals surface area contributed by atoms with Crippen LogP contribution in [0.2, 0.25) is 0 Å². The summed E-state index contributed by atoms with van der Waals surface area (Å²) < 4.78 is 7.19. The number of amides is 1. The molecule has 0 atom stereocenters. The highest BCUT2D eigenvalue weighted by Gasteiger charge is 2.18. The minimum Gasteiger partial charge on any atom is -0.497 e. The Labute approximate surface area is 196 Å². The molecule has 7 nitrogen and oxygen atoms in total. The summed E-state index contributed by atoms with van der Waals surface area (Å²) in [6.45, 7) is 2.03. The summed E-state index contributed by atoms with van der Waals surface area (Å²) in [5, 5.41) is 21.4. The van der Waals surface area contributed by atoms with Crippen LogP contribution in [0.25, 0.3) is 17.1 Å². The van der Waals surface area contributed by atoms with Gasteiger partial charge in [0.1, 0.15) is 11.8 Å². The fraction of sp³-hybridized carbons (Fsp3) is 0.120. The molecule has 0 aliphatic heterocycles. The number of para-hydroxylation sites is 1. The number of hydrogen-bond donors (Lipinski definition) is 1. The Morgan fingerprint density at radius 1 is 1.06 bits per heavy atom. The van der Waals surface area contributed by atoms with Crippen LogP contribution in [0.4, 0.5) is 5.69 Å². The predicted octanol–water partition coefficient (Wildman–Crippen LogP) is 4.85. The molecule has 4 aromatic rings. The second kappa shape index (κ2) is 10.0. The fourth-order valence-corrected chi connectivity index (χ4v) is 3.97. The van der Waals surface area contributed by atoms with Gasteiger partial charge < -0.3 is 10.1 Å². The number of nitrogens with zero attached hydrogens (tertiary/aromatic N) is 4. The van der Waals surface area contributed by atoms with Crippen molar-refractivity contribution in [3.63, 3.8) is 0 Å². The van der Waals surface area contributed by atoms with Crippen molar-refractivity contribution in [3.8, 4) is 28.9 Å². The summed E-state index contributed by atoms with van der Waals surface area (Å²) in [4.78, 5) is 12.6. The van der Waals surface area contributed by atoms with Crippen LogP contribution in [0.15, 0.2) is 78.0 Å². The number of carbonyl (C=O) groups excluding carboxylic acids is 1. The molecule has 1 aromatic heterocycles. The van der Waals surface area contributed by atoms with Crippen LogP contribution >= 0.6 is 11.8 Å². The molecule has 0 spiro atoms. The molecule has 4 rings (SSSR count). The standard InChI is InChI=1S/C25H21N5O2S/c1-17-7-11-20(12-8-17)30-24(18-9-13-21(32-2)14-10-18)28-29-25(30)33-16-23(31)27-22-6-4-3-5-19(22)15-26/h3-14H,16H2,1-2H3,(H,27,31). The SMILES string of the molecule is COc1ccc(-c2nnc(SCC(=O)Nc3ccccc3C#N)n2-c2ccc(C)cc2)cc1. The zero-order valence-corrected chi connectivity index (χ0v) is 19.0. The molecule has 1 heterocycles. The number of aryl methyl sites for hydroxylation is 1. The second-order valence-corrected chi connectivity index (χ2v) is 8.14. The number of aromatic nitrogens is 3. The molecule has 33 heavy (non-hydrogen) atoms. The van der Waals surface area contributed by atoms with Gasteiger partial charge >= 0.3 is 0 Å². The van der Waals surface area contributed by atoms with Crippen molar-refractivity contribution in [2.75, 3.05) is 18.2 Å². The van der Waals surface area contributed by atoms with E-state index in [9.17, 15) is 10.1 Å². The van der Waals surface area contributed by atoms with Crippen molar-refractivity contribution in [2.45, 2.75) is 12.1 Å². The Morgan fingerprint density at radius 2 is 1.79 bits per heavy atom. The molecule has 1 amide bonds.